The molecular formula is C20H26N4O2. The summed E-state index contributed by atoms with van der Waals surface area (Å²) in [7, 11) is 0. The van der Waals surface area contributed by atoms with Crippen LogP contribution in [0.1, 0.15) is 30.7 Å². The van der Waals surface area contributed by atoms with Crippen LogP contribution in [0, 0.1) is 19.8 Å². The molecule has 1 aromatic carbocycles. The molecule has 2 aliphatic rings. The number of amides is 1. The van der Waals surface area contributed by atoms with E-state index in [0.717, 1.165) is 55.1 Å². The number of nitrogens with zero attached hydrogens (tertiary/aromatic N) is 2. The highest BCUT2D eigenvalue weighted by Gasteiger charge is 2.43. The average Bonchev–Trinajstić information content (AvgIpc) is 3.21. The van der Waals surface area contributed by atoms with Crippen LogP contribution in [-0.4, -0.2) is 40.8 Å². The Kier molecular flexibility index (Phi) is 4.54. The highest BCUT2D eigenvalue weighted by molar-refractivity contribution is 5.93. The number of aromatic nitrogens is 2. The molecule has 0 radical (unpaired) electrons. The topological polar surface area (TPSA) is 68.2 Å². The number of anilines is 1. The smallest absolute Gasteiger partial charge is 0.229 e. The minimum atomic E-state index is -0.0894. The summed E-state index contributed by atoms with van der Waals surface area (Å²) in [5, 5.41) is 6.40. The van der Waals surface area contributed by atoms with Crippen LogP contribution in [0.4, 0.5) is 5.69 Å². The van der Waals surface area contributed by atoms with Crippen molar-refractivity contribution >= 4 is 11.6 Å². The van der Waals surface area contributed by atoms with Gasteiger partial charge in [-0.1, -0.05) is 0 Å². The van der Waals surface area contributed by atoms with E-state index in [-0.39, 0.29) is 17.4 Å². The zero-order valence-corrected chi connectivity index (χ0v) is 15.4. The quantitative estimate of drug-likeness (QED) is 0.889. The van der Waals surface area contributed by atoms with E-state index in [4.69, 9.17) is 4.74 Å². The van der Waals surface area contributed by atoms with Gasteiger partial charge in [0.15, 0.2) is 0 Å². The van der Waals surface area contributed by atoms with Gasteiger partial charge in [0.05, 0.1) is 30.1 Å². The number of carbonyl (C=O) groups excluding carboxylic acids is 1. The van der Waals surface area contributed by atoms with Crippen molar-refractivity contribution in [1.29, 1.82) is 0 Å². The van der Waals surface area contributed by atoms with Gasteiger partial charge >= 0.3 is 0 Å². The Bertz CT molecular complexity index is 791. The Balaban J connectivity index is 1.40. The summed E-state index contributed by atoms with van der Waals surface area (Å²) in [6.45, 7) is 6.53. The van der Waals surface area contributed by atoms with E-state index in [1.807, 2.05) is 42.1 Å². The minimum absolute atomic E-state index is 0.0582. The van der Waals surface area contributed by atoms with Gasteiger partial charge in [0.2, 0.25) is 5.91 Å². The van der Waals surface area contributed by atoms with Crippen molar-refractivity contribution in [1.82, 2.24) is 14.9 Å². The molecule has 2 saturated heterocycles. The molecule has 2 aromatic rings. The Labute approximate surface area is 154 Å². The summed E-state index contributed by atoms with van der Waals surface area (Å²) >= 11 is 0. The van der Waals surface area contributed by atoms with Crippen LogP contribution in [-0.2, 0) is 9.53 Å². The molecule has 6 heteroatoms. The first-order valence-electron chi connectivity index (χ1n) is 9.33. The largest absolute Gasteiger partial charge is 0.374 e. The lowest BCUT2D eigenvalue weighted by Gasteiger charge is -2.32. The molecule has 0 saturated carbocycles. The molecule has 2 N–H and O–H groups in total. The number of hydrogen-bond donors (Lipinski definition) is 2. The first kappa shape index (κ1) is 17.2. The van der Waals surface area contributed by atoms with Crippen LogP contribution >= 0.6 is 0 Å². The number of piperidine rings is 1. The van der Waals surface area contributed by atoms with E-state index in [1.54, 1.807) is 0 Å². The van der Waals surface area contributed by atoms with Crippen LogP contribution in [0.2, 0.25) is 0 Å². The highest BCUT2D eigenvalue weighted by Crippen LogP contribution is 2.37. The SMILES string of the molecule is Cc1ncn(-c2ccc(NC(=O)C3COC4(CCNCC4)C3)cc2)c1C. The first-order chi connectivity index (χ1) is 12.6. The number of carbonyl (C=O) groups is 1. The van der Waals surface area contributed by atoms with Crippen molar-refractivity contribution < 1.29 is 9.53 Å². The van der Waals surface area contributed by atoms with Crippen molar-refractivity contribution in [3.63, 3.8) is 0 Å². The second kappa shape index (κ2) is 6.85. The van der Waals surface area contributed by atoms with Crippen LogP contribution in [0.25, 0.3) is 5.69 Å². The summed E-state index contributed by atoms with van der Waals surface area (Å²) in [5.41, 5.74) is 3.92. The molecule has 4 rings (SSSR count). The van der Waals surface area contributed by atoms with Crippen molar-refractivity contribution in [2.24, 2.45) is 5.92 Å². The third-order valence-electron chi connectivity index (χ3n) is 5.76. The fraction of sp³-hybridized carbons (Fsp3) is 0.500. The third-order valence-corrected chi connectivity index (χ3v) is 5.76. The number of hydrogen-bond acceptors (Lipinski definition) is 4. The fourth-order valence-electron chi connectivity index (χ4n) is 3.95. The summed E-state index contributed by atoms with van der Waals surface area (Å²) < 4.78 is 8.08. The normalized spacial score (nSPS) is 21.8. The molecular weight excluding hydrogens is 328 g/mol. The van der Waals surface area contributed by atoms with Crippen molar-refractivity contribution in [2.45, 2.75) is 38.7 Å². The molecule has 1 aromatic heterocycles. The molecule has 1 atom stereocenters. The summed E-state index contributed by atoms with van der Waals surface area (Å²) in [6.07, 6.45) is 4.64. The number of nitrogens with one attached hydrogen (secondary N) is 2. The van der Waals surface area contributed by atoms with E-state index in [2.05, 4.69) is 22.5 Å². The molecule has 0 aliphatic carbocycles. The maximum atomic E-state index is 12.6. The van der Waals surface area contributed by atoms with Gasteiger partial charge in [0, 0.05) is 17.1 Å². The molecule has 3 heterocycles. The number of benzene rings is 1. The number of rotatable bonds is 3. The summed E-state index contributed by atoms with van der Waals surface area (Å²) in [5.74, 6) is -0.00543. The molecule has 138 valence electrons. The third kappa shape index (κ3) is 3.27. The van der Waals surface area contributed by atoms with Crippen molar-refractivity contribution in [3.05, 3.63) is 42.0 Å². The lowest BCUT2D eigenvalue weighted by Crippen LogP contribution is -2.41. The van der Waals surface area contributed by atoms with E-state index >= 15 is 0 Å². The van der Waals surface area contributed by atoms with Crippen molar-refractivity contribution in [2.75, 3.05) is 25.0 Å². The zero-order chi connectivity index (χ0) is 18.1. The van der Waals surface area contributed by atoms with Gasteiger partial charge in [-0.2, -0.15) is 0 Å². The number of ether oxygens (including phenoxy) is 1. The van der Waals surface area contributed by atoms with Crippen LogP contribution in [0.5, 0.6) is 0 Å². The Morgan fingerprint density at radius 1 is 1.27 bits per heavy atom. The Morgan fingerprint density at radius 2 is 2.00 bits per heavy atom. The minimum Gasteiger partial charge on any atom is -0.374 e. The van der Waals surface area contributed by atoms with Crippen molar-refractivity contribution in [3.8, 4) is 5.69 Å². The molecule has 0 bridgehead atoms. The monoisotopic (exact) mass is 354 g/mol. The summed E-state index contributed by atoms with van der Waals surface area (Å²) in [6, 6.07) is 7.89. The highest BCUT2D eigenvalue weighted by atomic mass is 16.5. The zero-order valence-electron chi connectivity index (χ0n) is 15.4. The van der Waals surface area contributed by atoms with Crippen LogP contribution < -0.4 is 10.6 Å². The standard InChI is InChI=1S/C20H26N4O2/c1-14-15(2)24(13-22-14)18-5-3-17(4-6-18)23-19(25)16-11-20(26-12-16)7-9-21-10-8-20/h3-6,13,16,21H,7-12H2,1-2H3,(H,23,25). The predicted molar refractivity (Wildman–Crippen MR) is 101 cm³/mol. The molecule has 2 aliphatic heterocycles. The maximum absolute atomic E-state index is 12.6. The average molecular weight is 354 g/mol. The molecule has 1 unspecified atom stereocenters. The molecule has 26 heavy (non-hydrogen) atoms. The van der Waals surface area contributed by atoms with E-state index in [0.29, 0.717) is 6.61 Å². The first-order valence-corrected chi connectivity index (χ1v) is 9.33. The Morgan fingerprint density at radius 3 is 2.65 bits per heavy atom. The van der Waals surface area contributed by atoms with E-state index < -0.39 is 0 Å². The summed E-state index contributed by atoms with van der Waals surface area (Å²) in [4.78, 5) is 17.0. The van der Waals surface area contributed by atoms with Gasteiger partial charge in [0.1, 0.15) is 0 Å². The van der Waals surface area contributed by atoms with Crippen LogP contribution in [0.15, 0.2) is 30.6 Å². The molecule has 1 amide bonds. The second-order valence-electron chi connectivity index (χ2n) is 7.47. The van der Waals surface area contributed by atoms with Gasteiger partial charge < -0.3 is 19.9 Å². The Hall–Kier alpha value is -2.18. The van der Waals surface area contributed by atoms with Gasteiger partial charge in [-0.15, -0.1) is 0 Å². The molecule has 2 fully saturated rings. The van der Waals surface area contributed by atoms with Crippen LogP contribution in [0.3, 0.4) is 0 Å². The van der Waals surface area contributed by atoms with Gasteiger partial charge in [-0.05, 0) is 70.5 Å². The van der Waals surface area contributed by atoms with Gasteiger partial charge in [-0.25, -0.2) is 4.98 Å². The lowest BCUT2D eigenvalue weighted by molar-refractivity contribution is -0.119. The van der Waals surface area contributed by atoms with Gasteiger partial charge in [-0.3, -0.25) is 4.79 Å². The second-order valence-corrected chi connectivity index (χ2v) is 7.47. The van der Waals surface area contributed by atoms with E-state index in [9.17, 15) is 4.79 Å². The number of aryl methyl sites for hydroxylation is 1. The van der Waals surface area contributed by atoms with Gasteiger partial charge in [0.25, 0.3) is 0 Å². The molecule has 1 spiro atoms. The molecule has 6 nitrogen and oxygen atoms in total. The predicted octanol–water partition coefficient (Wildman–Crippen LogP) is 2.59. The van der Waals surface area contributed by atoms with E-state index in [1.165, 1.54) is 0 Å². The maximum Gasteiger partial charge on any atom is 0.229 e. The lowest BCUT2D eigenvalue weighted by atomic mass is 9.86. The number of imidazole rings is 1. The fourth-order valence-corrected chi connectivity index (χ4v) is 3.95.